The summed E-state index contributed by atoms with van der Waals surface area (Å²) in [6, 6.07) is 5.34. The number of hydrogen-bond acceptors (Lipinski definition) is 3. The number of rotatable bonds is 3. The summed E-state index contributed by atoms with van der Waals surface area (Å²) in [5.74, 6) is 0.351. The molecule has 4 heteroatoms. The van der Waals surface area contributed by atoms with Gasteiger partial charge in [0.05, 0.1) is 0 Å². The van der Waals surface area contributed by atoms with Crippen LogP contribution in [-0.4, -0.2) is 15.7 Å². The maximum atomic E-state index is 12.1. The van der Waals surface area contributed by atoms with Crippen molar-refractivity contribution < 1.29 is 9.53 Å². The van der Waals surface area contributed by atoms with Crippen molar-refractivity contribution in [1.82, 2.24) is 9.78 Å². The lowest BCUT2D eigenvalue weighted by atomic mass is 10.1. The van der Waals surface area contributed by atoms with Gasteiger partial charge in [-0.25, -0.2) is 4.79 Å². The second-order valence-corrected chi connectivity index (χ2v) is 4.74. The molecule has 4 nitrogen and oxygen atoms in total. The molecule has 0 radical (unpaired) electrons. The van der Waals surface area contributed by atoms with Gasteiger partial charge in [0.25, 0.3) is 0 Å². The van der Waals surface area contributed by atoms with Crippen LogP contribution >= 0.6 is 0 Å². The first-order valence-electron chi connectivity index (χ1n) is 6.28. The van der Waals surface area contributed by atoms with Crippen LogP contribution in [0.25, 0.3) is 0 Å². The Labute approximate surface area is 113 Å². The monoisotopic (exact) mass is 258 g/mol. The van der Waals surface area contributed by atoms with Crippen molar-refractivity contribution in [2.45, 2.75) is 33.7 Å². The van der Waals surface area contributed by atoms with E-state index in [0.717, 1.165) is 16.7 Å². The summed E-state index contributed by atoms with van der Waals surface area (Å²) in [5, 5.41) is 4.06. The molecule has 100 valence electrons. The van der Waals surface area contributed by atoms with Crippen molar-refractivity contribution in [2.75, 3.05) is 0 Å². The molecular formula is C15H18N2O2. The van der Waals surface area contributed by atoms with Gasteiger partial charge in [0.1, 0.15) is 11.8 Å². The standard InChI is InChI=1S/C15H18N2O2/c1-10-6-7-11(2)14(12(10)3)19-15(18)13(4)17-9-5-8-16-17/h5-9,13H,1-4H3. The maximum absolute atomic E-state index is 12.1. The average molecular weight is 258 g/mol. The third-order valence-electron chi connectivity index (χ3n) is 3.34. The van der Waals surface area contributed by atoms with Crippen LogP contribution in [-0.2, 0) is 4.79 Å². The Balaban J connectivity index is 2.22. The Morgan fingerprint density at radius 2 is 1.95 bits per heavy atom. The molecule has 1 aromatic heterocycles. The number of hydrogen-bond donors (Lipinski definition) is 0. The Kier molecular flexibility index (Phi) is 3.69. The van der Waals surface area contributed by atoms with Gasteiger partial charge in [-0.1, -0.05) is 12.1 Å². The first kappa shape index (κ1) is 13.3. The summed E-state index contributed by atoms with van der Waals surface area (Å²) in [4.78, 5) is 12.1. The molecule has 1 unspecified atom stereocenters. The Hall–Kier alpha value is -2.10. The first-order valence-corrected chi connectivity index (χ1v) is 6.28. The van der Waals surface area contributed by atoms with Gasteiger partial charge in [0.2, 0.25) is 0 Å². The summed E-state index contributed by atoms with van der Waals surface area (Å²) >= 11 is 0. The average Bonchev–Trinajstić information content (AvgIpc) is 2.92. The maximum Gasteiger partial charge on any atom is 0.336 e. The number of aryl methyl sites for hydroxylation is 2. The fraction of sp³-hybridized carbons (Fsp3) is 0.333. The van der Waals surface area contributed by atoms with Gasteiger partial charge in [-0.2, -0.15) is 5.10 Å². The molecule has 0 aliphatic carbocycles. The smallest absolute Gasteiger partial charge is 0.336 e. The summed E-state index contributed by atoms with van der Waals surface area (Å²) in [5.41, 5.74) is 3.07. The van der Waals surface area contributed by atoms with Crippen LogP contribution in [0.1, 0.15) is 29.7 Å². The van der Waals surface area contributed by atoms with Crippen molar-refractivity contribution in [3.05, 3.63) is 47.3 Å². The van der Waals surface area contributed by atoms with Crippen molar-refractivity contribution in [1.29, 1.82) is 0 Å². The largest absolute Gasteiger partial charge is 0.424 e. The van der Waals surface area contributed by atoms with Crippen LogP contribution < -0.4 is 4.74 Å². The van der Waals surface area contributed by atoms with Crippen molar-refractivity contribution in [2.24, 2.45) is 0 Å². The molecule has 0 N–H and O–H groups in total. The van der Waals surface area contributed by atoms with E-state index in [1.54, 1.807) is 30.1 Å². The van der Waals surface area contributed by atoms with Crippen LogP contribution in [0.15, 0.2) is 30.6 Å². The van der Waals surface area contributed by atoms with Gasteiger partial charge in [-0.05, 0) is 50.5 Å². The van der Waals surface area contributed by atoms with Crippen molar-refractivity contribution in [3.63, 3.8) is 0 Å². The van der Waals surface area contributed by atoms with E-state index in [9.17, 15) is 4.79 Å². The molecule has 1 atom stereocenters. The highest BCUT2D eigenvalue weighted by atomic mass is 16.5. The van der Waals surface area contributed by atoms with Crippen molar-refractivity contribution >= 4 is 5.97 Å². The normalized spacial score (nSPS) is 12.2. The van der Waals surface area contributed by atoms with Crippen LogP contribution in [0.3, 0.4) is 0 Å². The highest BCUT2D eigenvalue weighted by Crippen LogP contribution is 2.26. The van der Waals surface area contributed by atoms with E-state index >= 15 is 0 Å². The third kappa shape index (κ3) is 2.67. The fourth-order valence-corrected chi connectivity index (χ4v) is 1.89. The predicted octanol–water partition coefficient (Wildman–Crippen LogP) is 2.97. The zero-order valence-corrected chi connectivity index (χ0v) is 11.7. The topological polar surface area (TPSA) is 44.1 Å². The van der Waals surface area contributed by atoms with E-state index in [1.165, 1.54) is 0 Å². The molecule has 0 bridgehead atoms. The summed E-state index contributed by atoms with van der Waals surface area (Å²) in [6.07, 6.45) is 3.40. The summed E-state index contributed by atoms with van der Waals surface area (Å²) in [7, 11) is 0. The molecule has 0 fully saturated rings. The Morgan fingerprint density at radius 1 is 1.26 bits per heavy atom. The van der Waals surface area contributed by atoms with Crippen LogP contribution in [0.5, 0.6) is 5.75 Å². The van der Waals surface area contributed by atoms with E-state index in [2.05, 4.69) is 5.10 Å². The fourth-order valence-electron chi connectivity index (χ4n) is 1.89. The first-order chi connectivity index (χ1) is 9.00. The zero-order valence-electron chi connectivity index (χ0n) is 11.7. The van der Waals surface area contributed by atoms with Gasteiger partial charge in [0.15, 0.2) is 0 Å². The molecule has 1 aromatic carbocycles. The molecule has 0 aliphatic rings. The highest BCUT2D eigenvalue weighted by Gasteiger charge is 2.19. The number of esters is 1. The van der Waals surface area contributed by atoms with E-state index in [0.29, 0.717) is 5.75 Å². The third-order valence-corrected chi connectivity index (χ3v) is 3.34. The molecule has 2 rings (SSSR count). The van der Waals surface area contributed by atoms with E-state index < -0.39 is 6.04 Å². The number of carbonyl (C=O) groups is 1. The van der Waals surface area contributed by atoms with Gasteiger partial charge >= 0.3 is 5.97 Å². The minimum atomic E-state index is -0.436. The zero-order chi connectivity index (χ0) is 14.0. The summed E-state index contributed by atoms with van der Waals surface area (Å²) < 4.78 is 7.13. The molecule has 0 amide bonds. The number of benzene rings is 1. The van der Waals surface area contributed by atoms with Crippen molar-refractivity contribution in [3.8, 4) is 5.75 Å². The van der Waals surface area contributed by atoms with Crippen LogP contribution in [0.2, 0.25) is 0 Å². The molecule has 0 spiro atoms. The second-order valence-electron chi connectivity index (χ2n) is 4.74. The molecule has 19 heavy (non-hydrogen) atoms. The van der Waals surface area contributed by atoms with E-state index in [1.807, 2.05) is 32.9 Å². The highest BCUT2D eigenvalue weighted by molar-refractivity contribution is 5.77. The lowest BCUT2D eigenvalue weighted by Gasteiger charge is -2.15. The molecular weight excluding hydrogens is 240 g/mol. The molecule has 2 aromatic rings. The van der Waals surface area contributed by atoms with Crippen LogP contribution in [0, 0.1) is 20.8 Å². The Bertz CT molecular complexity index is 588. The lowest BCUT2D eigenvalue weighted by molar-refractivity contribution is -0.138. The van der Waals surface area contributed by atoms with Gasteiger partial charge in [-0.3, -0.25) is 4.68 Å². The minimum absolute atomic E-state index is 0.305. The van der Waals surface area contributed by atoms with Gasteiger partial charge in [-0.15, -0.1) is 0 Å². The number of aromatic nitrogens is 2. The quantitative estimate of drug-likeness (QED) is 0.628. The predicted molar refractivity (Wildman–Crippen MR) is 73.2 cm³/mol. The number of nitrogens with zero attached hydrogens (tertiary/aromatic N) is 2. The molecule has 0 aliphatic heterocycles. The summed E-state index contributed by atoms with van der Waals surface area (Å²) in [6.45, 7) is 7.68. The van der Waals surface area contributed by atoms with Crippen LogP contribution in [0.4, 0.5) is 0 Å². The SMILES string of the molecule is Cc1ccc(C)c(OC(=O)C(C)n2cccn2)c1C. The lowest BCUT2D eigenvalue weighted by Crippen LogP contribution is -2.22. The molecule has 1 heterocycles. The molecule has 0 saturated carbocycles. The van der Waals surface area contributed by atoms with Gasteiger partial charge in [0, 0.05) is 12.4 Å². The second kappa shape index (κ2) is 5.26. The number of carbonyl (C=O) groups excluding carboxylic acids is 1. The Morgan fingerprint density at radius 3 is 2.58 bits per heavy atom. The van der Waals surface area contributed by atoms with E-state index in [-0.39, 0.29) is 5.97 Å². The van der Waals surface area contributed by atoms with E-state index in [4.69, 9.17) is 4.74 Å². The number of ether oxygens (including phenoxy) is 1. The minimum Gasteiger partial charge on any atom is -0.424 e. The van der Waals surface area contributed by atoms with Gasteiger partial charge < -0.3 is 4.74 Å². The molecule has 0 saturated heterocycles.